The summed E-state index contributed by atoms with van der Waals surface area (Å²) < 4.78 is 33.0. The van der Waals surface area contributed by atoms with E-state index in [4.69, 9.17) is 10.5 Å². The van der Waals surface area contributed by atoms with Gasteiger partial charge in [-0.3, -0.25) is 0 Å². The second-order valence-electron chi connectivity index (χ2n) is 4.63. The van der Waals surface area contributed by atoms with Crippen LogP contribution in [0.2, 0.25) is 0 Å². The van der Waals surface area contributed by atoms with Gasteiger partial charge in [-0.25, -0.2) is 0 Å². The zero-order chi connectivity index (χ0) is 14.1. The van der Waals surface area contributed by atoms with Gasteiger partial charge in [0.2, 0.25) is 0 Å². The van der Waals surface area contributed by atoms with Gasteiger partial charge in [0, 0.05) is 33.3 Å². The van der Waals surface area contributed by atoms with Crippen LogP contribution in [0.3, 0.4) is 0 Å². The predicted octanol–water partition coefficient (Wildman–Crippen LogP) is -1.18. The van der Waals surface area contributed by atoms with E-state index in [-0.39, 0.29) is 0 Å². The summed E-state index contributed by atoms with van der Waals surface area (Å²) in [5, 5.41) is 0. The first kappa shape index (κ1) is 16.8. The number of nitrogens with two attached hydrogens (primary N) is 1. The predicted molar refractivity (Wildman–Crippen MR) is 75.1 cm³/mol. The van der Waals surface area contributed by atoms with E-state index in [9.17, 15) is 8.42 Å². The van der Waals surface area contributed by atoms with E-state index in [1.165, 1.54) is 4.31 Å². The van der Waals surface area contributed by atoms with Crippen molar-refractivity contribution in [2.75, 3.05) is 59.5 Å². The second kappa shape index (κ2) is 8.83. The number of ether oxygens (including phenoxy) is 1. The van der Waals surface area contributed by atoms with Crippen LogP contribution in [0, 0.1) is 0 Å². The minimum Gasteiger partial charge on any atom is -0.383 e. The average molecular weight is 294 g/mol. The molecular weight excluding hydrogens is 268 g/mol. The van der Waals surface area contributed by atoms with E-state index in [2.05, 4.69) is 9.62 Å². The fourth-order valence-corrected chi connectivity index (χ4v) is 3.31. The Morgan fingerprint density at radius 3 is 2.74 bits per heavy atom. The van der Waals surface area contributed by atoms with Gasteiger partial charge in [0.25, 0.3) is 10.2 Å². The van der Waals surface area contributed by atoms with Gasteiger partial charge in [0.05, 0.1) is 6.61 Å². The van der Waals surface area contributed by atoms with Crippen LogP contribution in [0.25, 0.3) is 0 Å². The molecule has 1 fully saturated rings. The van der Waals surface area contributed by atoms with Gasteiger partial charge in [0.15, 0.2) is 0 Å². The summed E-state index contributed by atoms with van der Waals surface area (Å²) >= 11 is 0. The minimum atomic E-state index is -3.37. The summed E-state index contributed by atoms with van der Waals surface area (Å²) in [6.07, 6.45) is 1.81. The largest absolute Gasteiger partial charge is 0.383 e. The van der Waals surface area contributed by atoms with E-state index in [0.717, 1.165) is 32.5 Å². The lowest BCUT2D eigenvalue weighted by Gasteiger charge is -2.21. The van der Waals surface area contributed by atoms with Gasteiger partial charge in [-0.1, -0.05) is 0 Å². The molecule has 0 atom stereocenters. The lowest BCUT2D eigenvalue weighted by atomic mass is 10.3. The number of nitrogens with zero attached hydrogens (tertiary/aromatic N) is 2. The minimum absolute atomic E-state index is 0.312. The molecule has 7 nitrogen and oxygen atoms in total. The lowest BCUT2D eigenvalue weighted by molar-refractivity contribution is 0.203. The molecule has 1 aliphatic rings. The van der Waals surface area contributed by atoms with Crippen molar-refractivity contribution in [1.82, 2.24) is 13.9 Å². The van der Waals surface area contributed by atoms with E-state index in [1.54, 1.807) is 7.11 Å². The number of rotatable bonds is 8. The summed E-state index contributed by atoms with van der Waals surface area (Å²) in [6, 6.07) is 0. The molecule has 8 heteroatoms. The van der Waals surface area contributed by atoms with E-state index >= 15 is 0 Å². The molecule has 0 aromatic carbocycles. The van der Waals surface area contributed by atoms with Crippen LogP contribution in [0.15, 0.2) is 0 Å². The summed E-state index contributed by atoms with van der Waals surface area (Å²) in [5.41, 5.74) is 5.49. The van der Waals surface area contributed by atoms with Crippen LogP contribution in [0.1, 0.15) is 12.8 Å². The number of hydrogen-bond acceptors (Lipinski definition) is 5. The molecule has 1 rings (SSSR count). The topological polar surface area (TPSA) is 87.9 Å². The highest BCUT2D eigenvalue weighted by atomic mass is 32.2. The molecule has 114 valence electrons. The fourth-order valence-electron chi connectivity index (χ4n) is 2.09. The van der Waals surface area contributed by atoms with Crippen molar-refractivity contribution < 1.29 is 13.2 Å². The second-order valence-corrected chi connectivity index (χ2v) is 6.38. The van der Waals surface area contributed by atoms with Crippen molar-refractivity contribution in [2.45, 2.75) is 12.8 Å². The molecule has 0 aromatic rings. The van der Waals surface area contributed by atoms with Gasteiger partial charge in [-0.2, -0.15) is 17.4 Å². The number of nitrogens with one attached hydrogen (secondary N) is 1. The molecule has 1 saturated heterocycles. The molecule has 0 saturated carbocycles. The Kier molecular flexibility index (Phi) is 7.81. The molecule has 0 bridgehead atoms. The summed E-state index contributed by atoms with van der Waals surface area (Å²) in [5.74, 6) is 0. The third kappa shape index (κ3) is 6.15. The van der Waals surface area contributed by atoms with Crippen molar-refractivity contribution in [2.24, 2.45) is 5.73 Å². The Morgan fingerprint density at radius 1 is 1.26 bits per heavy atom. The molecule has 0 aliphatic carbocycles. The molecular formula is C11H26N4O3S. The molecule has 19 heavy (non-hydrogen) atoms. The van der Waals surface area contributed by atoms with Crippen LogP contribution in [-0.2, 0) is 14.9 Å². The van der Waals surface area contributed by atoms with Crippen molar-refractivity contribution >= 4 is 10.2 Å². The Bertz CT molecular complexity index is 337. The van der Waals surface area contributed by atoms with Gasteiger partial charge in [-0.05, 0) is 32.5 Å². The highest BCUT2D eigenvalue weighted by molar-refractivity contribution is 7.87. The Hall–Kier alpha value is -0.250. The van der Waals surface area contributed by atoms with Gasteiger partial charge < -0.3 is 15.4 Å². The van der Waals surface area contributed by atoms with Gasteiger partial charge in [0.1, 0.15) is 0 Å². The summed E-state index contributed by atoms with van der Waals surface area (Å²) in [7, 11) is -1.82. The lowest BCUT2D eigenvalue weighted by Crippen LogP contribution is -2.43. The smallest absolute Gasteiger partial charge is 0.279 e. The first-order chi connectivity index (χ1) is 9.10. The van der Waals surface area contributed by atoms with E-state index in [0.29, 0.717) is 32.8 Å². The van der Waals surface area contributed by atoms with Crippen molar-refractivity contribution in [3.8, 4) is 0 Å². The zero-order valence-electron chi connectivity index (χ0n) is 11.7. The van der Waals surface area contributed by atoms with E-state index < -0.39 is 10.2 Å². The van der Waals surface area contributed by atoms with Crippen LogP contribution < -0.4 is 10.5 Å². The molecule has 1 aliphatic heterocycles. The molecule has 0 unspecified atom stereocenters. The first-order valence-corrected chi connectivity index (χ1v) is 8.20. The Labute approximate surface area is 116 Å². The molecule has 0 radical (unpaired) electrons. The highest BCUT2D eigenvalue weighted by Crippen LogP contribution is 2.07. The monoisotopic (exact) mass is 294 g/mol. The normalized spacial score (nSPS) is 19.5. The van der Waals surface area contributed by atoms with Crippen molar-refractivity contribution in [3.05, 3.63) is 0 Å². The number of methoxy groups -OCH3 is 1. The van der Waals surface area contributed by atoms with Crippen molar-refractivity contribution in [1.29, 1.82) is 0 Å². The standard InChI is InChI=1S/C11H26N4O3S/c1-18-11-5-13-19(16,17)15-8-3-7-14(9-10-15)6-2-4-12/h13H,2-12H2,1H3. The van der Waals surface area contributed by atoms with E-state index in [1.807, 2.05) is 0 Å². The highest BCUT2D eigenvalue weighted by Gasteiger charge is 2.24. The molecule has 1 heterocycles. The average Bonchev–Trinajstić information content (AvgIpc) is 2.62. The maximum atomic E-state index is 12.1. The molecule has 0 spiro atoms. The molecule has 3 N–H and O–H groups in total. The van der Waals surface area contributed by atoms with Crippen molar-refractivity contribution in [3.63, 3.8) is 0 Å². The quantitative estimate of drug-likeness (QED) is 0.550. The van der Waals surface area contributed by atoms with Crippen LogP contribution in [-0.4, -0.2) is 77.2 Å². The Morgan fingerprint density at radius 2 is 2.05 bits per heavy atom. The number of hydrogen-bond donors (Lipinski definition) is 2. The van der Waals surface area contributed by atoms with Gasteiger partial charge >= 0.3 is 0 Å². The Balaban J connectivity index is 2.42. The maximum Gasteiger partial charge on any atom is 0.279 e. The van der Waals surface area contributed by atoms with Gasteiger partial charge in [-0.15, -0.1) is 0 Å². The fraction of sp³-hybridized carbons (Fsp3) is 1.00. The maximum absolute atomic E-state index is 12.1. The van der Waals surface area contributed by atoms with Crippen LogP contribution in [0.5, 0.6) is 0 Å². The zero-order valence-corrected chi connectivity index (χ0v) is 12.5. The third-order valence-corrected chi connectivity index (χ3v) is 4.77. The summed E-state index contributed by atoms with van der Waals surface area (Å²) in [4.78, 5) is 2.28. The molecule has 0 aromatic heterocycles. The summed E-state index contributed by atoms with van der Waals surface area (Å²) in [6.45, 7) is 5.13. The molecule has 0 amide bonds. The SMILES string of the molecule is COCCNS(=O)(=O)N1CCCN(CCCN)CC1. The third-order valence-electron chi connectivity index (χ3n) is 3.16. The van der Waals surface area contributed by atoms with Crippen LogP contribution in [0.4, 0.5) is 0 Å². The van der Waals surface area contributed by atoms with Crippen LogP contribution >= 0.6 is 0 Å². The first-order valence-electron chi connectivity index (χ1n) is 6.76.